The standard InChI is InChI=1S/C16H14Cl2N2O3/c1-23-14-4-2-3-10(16(14)22)8-19-9-15(21)20-13-7-11(17)5-6-12(13)18/h2-8,22H,9H2,1H3,(H,20,21). The number of phenolic OH excluding ortho intramolecular Hbond substituents is 1. The van der Waals surface area contributed by atoms with Gasteiger partial charge < -0.3 is 15.2 Å². The molecular weight excluding hydrogens is 339 g/mol. The van der Waals surface area contributed by atoms with Crippen LogP contribution in [0.2, 0.25) is 10.0 Å². The lowest BCUT2D eigenvalue weighted by atomic mass is 10.2. The summed E-state index contributed by atoms with van der Waals surface area (Å²) in [6.45, 7) is -0.126. The van der Waals surface area contributed by atoms with Crippen LogP contribution >= 0.6 is 23.2 Å². The van der Waals surface area contributed by atoms with Crippen LogP contribution in [-0.4, -0.2) is 30.9 Å². The zero-order chi connectivity index (χ0) is 16.8. The van der Waals surface area contributed by atoms with Gasteiger partial charge in [-0.15, -0.1) is 0 Å². The quantitative estimate of drug-likeness (QED) is 0.804. The molecule has 0 radical (unpaired) electrons. The number of amides is 1. The molecule has 7 heteroatoms. The van der Waals surface area contributed by atoms with E-state index in [1.54, 1.807) is 36.4 Å². The molecule has 0 aromatic heterocycles. The van der Waals surface area contributed by atoms with Crippen LogP contribution in [-0.2, 0) is 4.79 Å². The molecule has 2 N–H and O–H groups in total. The van der Waals surface area contributed by atoms with Crippen molar-refractivity contribution in [2.45, 2.75) is 0 Å². The Kier molecular flexibility index (Phi) is 5.84. The highest BCUT2D eigenvalue weighted by molar-refractivity contribution is 6.35. The molecule has 1 amide bonds. The fourth-order valence-electron chi connectivity index (χ4n) is 1.82. The van der Waals surface area contributed by atoms with Crippen molar-refractivity contribution in [2.75, 3.05) is 19.0 Å². The topological polar surface area (TPSA) is 70.9 Å². The van der Waals surface area contributed by atoms with Gasteiger partial charge in [-0.2, -0.15) is 0 Å². The van der Waals surface area contributed by atoms with E-state index >= 15 is 0 Å². The number of aliphatic imine (C=N–C) groups is 1. The summed E-state index contributed by atoms with van der Waals surface area (Å²) < 4.78 is 5.00. The normalized spacial score (nSPS) is 10.7. The number of methoxy groups -OCH3 is 1. The van der Waals surface area contributed by atoms with Crippen LogP contribution in [0.15, 0.2) is 41.4 Å². The fraction of sp³-hybridized carbons (Fsp3) is 0.125. The SMILES string of the molecule is COc1cccc(C=NCC(=O)Nc2cc(Cl)ccc2Cl)c1O. The van der Waals surface area contributed by atoms with Crippen molar-refractivity contribution in [2.24, 2.45) is 4.99 Å². The van der Waals surface area contributed by atoms with Gasteiger partial charge in [0.25, 0.3) is 0 Å². The van der Waals surface area contributed by atoms with E-state index in [4.69, 9.17) is 27.9 Å². The molecule has 0 atom stereocenters. The molecule has 0 bridgehead atoms. The highest BCUT2D eigenvalue weighted by atomic mass is 35.5. The molecule has 0 unspecified atom stereocenters. The van der Waals surface area contributed by atoms with E-state index in [2.05, 4.69) is 10.3 Å². The van der Waals surface area contributed by atoms with Gasteiger partial charge in [-0.25, -0.2) is 0 Å². The van der Waals surface area contributed by atoms with E-state index in [1.807, 2.05) is 0 Å². The molecule has 2 aromatic carbocycles. The minimum atomic E-state index is -0.354. The summed E-state index contributed by atoms with van der Waals surface area (Å²) in [5.41, 5.74) is 0.876. The minimum absolute atomic E-state index is 0.0305. The van der Waals surface area contributed by atoms with E-state index in [9.17, 15) is 9.90 Å². The molecule has 5 nitrogen and oxygen atoms in total. The number of nitrogens with one attached hydrogen (secondary N) is 1. The summed E-state index contributed by atoms with van der Waals surface area (Å²) in [6.07, 6.45) is 1.40. The highest BCUT2D eigenvalue weighted by Crippen LogP contribution is 2.28. The predicted octanol–water partition coefficient (Wildman–Crippen LogP) is 3.77. The molecule has 0 spiro atoms. The van der Waals surface area contributed by atoms with E-state index < -0.39 is 0 Å². The van der Waals surface area contributed by atoms with Crippen molar-refractivity contribution in [3.63, 3.8) is 0 Å². The van der Waals surface area contributed by atoms with Gasteiger partial charge in [0, 0.05) is 16.8 Å². The number of phenols is 1. The molecule has 0 aliphatic heterocycles. The van der Waals surface area contributed by atoms with Gasteiger partial charge in [0.1, 0.15) is 6.54 Å². The van der Waals surface area contributed by atoms with Crippen molar-refractivity contribution in [1.29, 1.82) is 0 Å². The van der Waals surface area contributed by atoms with Gasteiger partial charge in [0.2, 0.25) is 5.91 Å². The largest absolute Gasteiger partial charge is 0.504 e. The lowest BCUT2D eigenvalue weighted by Gasteiger charge is -2.06. The van der Waals surface area contributed by atoms with E-state index in [0.29, 0.717) is 27.0 Å². The average molecular weight is 353 g/mol. The second-order valence-electron chi connectivity index (χ2n) is 4.54. The number of hydrogen-bond acceptors (Lipinski definition) is 4. The van der Waals surface area contributed by atoms with Crippen LogP contribution < -0.4 is 10.1 Å². The number of carbonyl (C=O) groups is 1. The number of ether oxygens (including phenoxy) is 1. The van der Waals surface area contributed by atoms with Crippen molar-refractivity contribution >= 4 is 41.0 Å². The lowest BCUT2D eigenvalue weighted by molar-refractivity contribution is -0.114. The third-order valence-electron chi connectivity index (χ3n) is 2.92. The molecule has 0 saturated heterocycles. The first kappa shape index (κ1) is 17.1. The molecule has 0 fully saturated rings. The number of carbonyl (C=O) groups excluding carboxylic acids is 1. The van der Waals surface area contributed by atoms with Crippen molar-refractivity contribution in [3.05, 3.63) is 52.0 Å². The number of anilines is 1. The van der Waals surface area contributed by atoms with E-state index in [0.717, 1.165) is 0 Å². The number of aromatic hydroxyl groups is 1. The first-order chi connectivity index (χ1) is 11.0. The van der Waals surface area contributed by atoms with Crippen molar-refractivity contribution < 1.29 is 14.6 Å². The van der Waals surface area contributed by atoms with E-state index in [1.165, 1.54) is 13.3 Å². The van der Waals surface area contributed by atoms with Crippen LogP contribution in [0.4, 0.5) is 5.69 Å². The molecule has 2 aromatic rings. The molecule has 23 heavy (non-hydrogen) atoms. The Morgan fingerprint density at radius 2 is 2.13 bits per heavy atom. The predicted molar refractivity (Wildman–Crippen MR) is 92.2 cm³/mol. The summed E-state index contributed by atoms with van der Waals surface area (Å²) in [7, 11) is 1.46. The van der Waals surface area contributed by atoms with Crippen molar-refractivity contribution in [3.8, 4) is 11.5 Å². The number of hydrogen-bond donors (Lipinski definition) is 2. The summed E-state index contributed by atoms with van der Waals surface area (Å²) in [5, 5.41) is 13.4. The molecule has 0 heterocycles. The summed E-state index contributed by atoms with van der Waals surface area (Å²) in [6, 6.07) is 9.78. The van der Waals surface area contributed by atoms with Gasteiger partial charge in [-0.05, 0) is 30.3 Å². The first-order valence-corrected chi connectivity index (χ1v) is 7.37. The van der Waals surface area contributed by atoms with E-state index in [-0.39, 0.29) is 18.2 Å². The number of halogens is 2. The zero-order valence-electron chi connectivity index (χ0n) is 12.2. The molecule has 2 rings (SSSR count). The maximum absolute atomic E-state index is 11.9. The van der Waals surface area contributed by atoms with Crippen LogP contribution in [0.5, 0.6) is 11.5 Å². The maximum Gasteiger partial charge on any atom is 0.246 e. The smallest absolute Gasteiger partial charge is 0.246 e. The van der Waals surface area contributed by atoms with Gasteiger partial charge in [0.15, 0.2) is 11.5 Å². The Balaban J connectivity index is 2.00. The van der Waals surface area contributed by atoms with Crippen LogP contribution in [0.3, 0.4) is 0 Å². The number of nitrogens with zero attached hydrogens (tertiary/aromatic N) is 1. The molecule has 120 valence electrons. The lowest BCUT2D eigenvalue weighted by Crippen LogP contribution is -2.15. The number of benzene rings is 2. The minimum Gasteiger partial charge on any atom is -0.504 e. The molecule has 0 aliphatic carbocycles. The van der Waals surface area contributed by atoms with Crippen LogP contribution in [0.25, 0.3) is 0 Å². The van der Waals surface area contributed by atoms with Gasteiger partial charge >= 0.3 is 0 Å². The number of para-hydroxylation sites is 1. The summed E-state index contributed by atoms with van der Waals surface area (Å²) in [5.74, 6) is -0.0473. The Morgan fingerprint density at radius 1 is 1.35 bits per heavy atom. The molecule has 0 aliphatic rings. The first-order valence-electron chi connectivity index (χ1n) is 6.62. The third-order valence-corrected chi connectivity index (χ3v) is 3.48. The maximum atomic E-state index is 11.9. The third kappa shape index (κ3) is 4.61. The highest BCUT2D eigenvalue weighted by Gasteiger charge is 2.07. The Bertz CT molecular complexity index is 748. The summed E-state index contributed by atoms with van der Waals surface area (Å²) >= 11 is 11.8. The zero-order valence-corrected chi connectivity index (χ0v) is 13.7. The fourth-order valence-corrected chi connectivity index (χ4v) is 2.16. The second kappa shape index (κ2) is 7.85. The molecular formula is C16H14Cl2N2O3. The van der Waals surface area contributed by atoms with Crippen LogP contribution in [0, 0.1) is 0 Å². The van der Waals surface area contributed by atoms with Gasteiger partial charge in [-0.1, -0.05) is 29.3 Å². The Labute approximate surface area is 143 Å². The second-order valence-corrected chi connectivity index (χ2v) is 5.38. The monoisotopic (exact) mass is 352 g/mol. The Morgan fingerprint density at radius 3 is 2.87 bits per heavy atom. The summed E-state index contributed by atoms with van der Waals surface area (Å²) in [4.78, 5) is 15.9. The Hall–Kier alpha value is -2.24. The van der Waals surface area contributed by atoms with Gasteiger partial charge in [0.05, 0.1) is 17.8 Å². The van der Waals surface area contributed by atoms with Crippen LogP contribution in [0.1, 0.15) is 5.56 Å². The molecule has 0 saturated carbocycles. The average Bonchev–Trinajstić information content (AvgIpc) is 2.52. The number of rotatable bonds is 5. The van der Waals surface area contributed by atoms with Crippen molar-refractivity contribution in [1.82, 2.24) is 0 Å². The van der Waals surface area contributed by atoms with Gasteiger partial charge in [-0.3, -0.25) is 9.79 Å².